The highest BCUT2D eigenvalue weighted by Gasteiger charge is 2.42. The highest BCUT2D eigenvalue weighted by Crippen LogP contribution is 2.44. The van der Waals surface area contributed by atoms with Crippen molar-refractivity contribution in [1.82, 2.24) is 9.80 Å². The Kier molecular flexibility index (Phi) is 5.00. The highest BCUT2D eigenvalue weighted by atomic mass is 16.5. The Morgan fingerprint density at radius 3 is 2.60 bits per heavy atom. The van der Waals surface area contributed by atoms with Crippen molar-refractivity contribution in [3.8, 4) is 5.75 Å². The normalized spacial score (nSPS) is 27.0. The molecule has 138 valence electrons. The minimum absolute atomic E-state index is 0.177. The molecule has 2 saturated heterocycles. The van der Waals surface area contributed by atoms with Crippen LogP contribution >= 0.6 is 0 Å². The summed E-state index contributed by atoms with van der Waals surface area (Å²) in [5.41, 5.74) is 2.04. The molecule has 25 heavy (non-hydrogen) atoms. The van der Waals surface area contributed by atoms with Gasteiger partial charge in [-0.25, -0.2) is 0 Å². The number of fused-ring (bicyclic) bond motifs is 1. The fourth-order valence-electron chi connectivity index (χ4n) is 4.39. The number of ether oxygens (including phenoxy) is 2. The lowest BCUT2D eigenvalue weighted by atomic mass is 9.81. The van der Waals surface area contributed by atoms with Gasteiger partial charge in [0.1, 0.15) is 11.4 Å². The highest BCUT2D eigenvalue weighted by molar-refractivity contribution is 5.41. The molecule has 0 bridgehead atoms. The monoisotopic (exact) mass is 346 g/mol. The van der Waals surface area contributed by atoms with Crippen LogP contribution in [0.25, 0.3) is 0 Å². The first-order chi connectivity index (χ1) is 12.2. The van der Waals surface area contributed by atoms with E-state index >= 15 is 0 Å². The van der Waals surface area contributed by atoms with Gasteiger partial charge in [-0.3, -0.25) is 4.90 Å². The number of morpholine rings is 1. The molecule has 3 heterocycles. The molecule has 0 amide bonds. The van der Waals surface area contributed by atoms with Gasteiger partial charge in [-0.2, -0.15) is 0 Å². The van der Waals surface area contributed by atoms with Gasteiger partial charge >= 0.3 is 0 Å². The van der Waals surface area contributed by atoms with Crippen molar-refractivity contribution in [3.05, 3.63) is 29.3 Å². The number of nitrogens with zero attached hydrogens (tertiary/aromatic N) is 2. The first-order valence-corrected chi connectivity index (χ1v) is 9.70. The van der Waals surface area contributed by atoms with Crippen molar-refractivity contribution < 1.29 is 14.6 Å². The van der Waals surface area contributed by atoms with Crippen molar-refractivity contribution >= 4 is 0 Å². The smallest absolute Gasteiger partial charge is 0.125 e. The molecule has 1 N–H and O–H groups in total. The Balaban J connectivity index is 1.47. The number of hydrogen-bond donors (Lipinski definition) is 1. The van der Waals surface area contributed by atoms with Gasteiger partial charge in [0.15, 0.2) is 0 Å². The zero-order valence-electron chi connectivity index (χ0n) is 15.2. The second kappa shape index (κ2) is 7.23. The molecule has 1 atom stereocenters. The number of benzene rings is 1. The Hall–Kier alpha value is -1.14. The average Bonchev–Trinajstić information content (AvgIpc) is 2.64. The lowest BCUT2D eigenvalue weighted by Crippen LogP contribution is -2.50. The van der Waals surface area contributed by atoms with Crippen LogP contribution in [0.3, 0.4) is 0 Å². The van der Waals surface area contributed by atoms with Crippen LogP contribution in [0.4, 0.5) is 0 Å². The molecule has 0 radical (unpaired) electrons. The second-order valence-corrected chi connectivity index (χ2v) is 7.70. The summed E-state index contributed by atoms with van der Waals surface area (Å²) in [5, 5.41) is 10.8. The van der Waals surface area contributed by atoms with Gasteiger partial charge in [-0.1, -0.05) is 13.0 Å². The molecule has 1 aromatic rings. The lowest BCUT2D eigenvalue weighted by molar-refractivity contribution is -0.0532. The molecule has 0 aromatic heterocycles. The summed E-state index contributed by atoms with van der Waals surface area (Å²) in [6, 6.07) is 6.37. The Labute approximate surface area is 150 Å². The maximum atomic E-state index is 10.8. The molecule has 4 rings (SSSR count). The third-order valence-corrected chi connectivity index (χ3v) is 6.05. The minimum atomic E-state index is -0.415. The van der Waals surface area contributed by atoms with Crippen LogP contribution in [0.2, 0.25) is 0 Å². The summed E-state index contributed by atoms with van der Waals surface area (Å²) in [5.74, 6) is 0.884. The summed E-state index contributed by atoms with van der Waals surface area (Å²) in [4.78, 5) is 4.87. The number of aliphatic hydroxyl groups is 1. The van der Waals surface area contributed by atoms with Crippen molar-refractivity contribution in [1.29, 1.82) is 0 Å². The van der Waals surface area contributed by atoms with Crippen molar-refractivity contribution in [2.24, 2.45) is 0 Å². The predicted octanol–water partition coefficient (Wildman–Crippen LogP) is 2.19. The summed E-state index contributed by atoms with van der Waals surface area (Å²) in [6.07, 6.45) is 2.32. The zero-order chi connectivity index (χ0) is 17.3. The van der Waals surface area contributed by atoms with E-state index < -0.39 is 6.10 Å². The van der Waals surface area contributed by atoms with Crippen LogP contribution in [-0.2, 0) is 11.3 Å². The van der Waals surface area contributed by atoms with E-state index in [4.69, 9.17) is 9.47 Å². The maximum absolute atomic E-state index is 10.8. The molecule has 5 heteroatoms. The first-order valence-electron chi connectivity index (χ1n) is 9.70. The van der Waals surface area contributed by atoms with E-state index in [1.807, 2.05) is 0 Å². The topological polar surface area (TPSA) is 45.2 Å². The van der Waals surface area contributed by atoms with E-state index in [0.29, 0.717) is 0 Å². The molecular formula is C20H30N2O3. The van der Waals surface area contributed by atoms with Crippen LogP contribution in [0.15, 0.2) is 18.2 Å². The largest absolute Gasteiger partial charge is 0.487 e. The van der Waals surface area contributed by atoms with E-state index in [1.54, 1.807) is 0 Å². The number of rotatable bonds is 3. The zero-order valence-corrected chi connectivity index (χ0v) is 15.2. The number of likely N-dealkylation sites (tertiary alicyclic amines) is 1. The Morgan fingerprint density at radius 1 is 1.12 bits per heavy atom. The van der Waals surface area contributed by atoms with Gasteiger partial charge in [0.2, 0.25) is 0 Å². The van der Waals surface area contributed by atoms with Gasteiger partial charge in [0, 0.05) is 44.7 Å². The molecule has 1 aromatic carbocycles. The van der Waals surface area contributed by atoms with Gasteiger partial charge in [-0.15, -0.1) is 0 Å². The van der Waals surface area contributed by atoms with Crippen molar-refractivity contribution in [3.63, 3.8) is 0 Å². The van der Waals surface area contributed by atoms with Gasteiger partial charge in [0.25, 0.3) is 0 Å². The van der Waals surface area contributed by atoms with Crippen LogP contribution in [0.5, 0.6) is 5.75 Å². The molecule has 3 aliphatic heterocycles. The van der Waals surface area contributed by atoms with E-state index in [-0.39, 0.29) is 5.60 Å². The van der Waals surface area contributed by atoms with E-state index in [0.717, 1.165) is 83.1 Å². The fraction of sp³-hybridized carbons (Fsp3) is 0.700. The molecule has 2 fully saturated rings. The van der Waals surface area contributed by atoms with Gasteiger partial charge in [-0.05, 0) is 37.1 Å². The predicted molar refractivity (Wildman–Crippen MR) is 96.8 cm³/mol. The number of aliphatic hydroxyl groups excluding tert-OH is 1. The van der Waals surface area contributed by atoms with Gasteiger partial charge < -0.3 is 19.5 Å². The molecule has 5 nitrogen and oxygen atoms in total. The summed E-state index contributed by atoms with van der Waals surface area (Å²) in [7, 11) is 0. The summed E-state index contributed by atoms with van der Waals surface area (Å²) in [6.45, 7) is 9.93. The first kappa shape index (κ1) is 17.3. The summed E-state index contributed by atoms with van der Waals surface area (Å²) >= 11 is 0. The Bertz CT molecular complexity index is 593. The lowest BCUT2D eigenvalue weighted by Gasteiger charge is -2.46. The fourth-order valence-corrected chi connectivity index (χ4v) is 4.39. The third kappa shape index (κ3) is 3.70. The minimum Gasteiger partial charge on any atom is -0.487 e. The molecule has 1 unspecified atom stereocenters. The second-order valence-electron chi connectivity index (χ2n) is 7.70. The number of piperidine rings is 1. The molecule has 3 aliphatic rings. The van der Waals surface area contributed by atoms with E-state index in [2.05, 4.69) is 34.9 Å². The summed E-state index contributed by atoms with van der Waals surface area (Å²) < 4.78 is 11.9. The maximum Gasteiger partial charge on any atom is 0.125 e. The third-order valence-electron chi connectivity index (χ3n) is 6.05. The molecule has 0 saturated carbocycles. The SMILES string of the molecule is CCN1CCC2(CC1)CC(O)c1cc(CN3CCOCC3)ccc1O2. The quantitative estimate of drug-likeness (QED) is 0.909. The Morgan fingerprint density at radius 2 is 1.88 bits per heavy atom. The molecule has 1 spiro atoms. The van der Waals surface area contributed by atoms with Crippen molar-refractivity contribution in [2.75, 3.05) is 45.9 Å². The van der Waals surface area contributed by atoms with E-state index in [1.165, 1.54) is 5.56 Å². The van der Waals surface area contributed by atoms with Crippen LogP contribution in [-0.4, -0.2) is 66.4 Å². The van der Waals surface area contributed by atoms with Crippen molar-refractivity contribution in [2.45, 2.75) is 44.4 Å². The average molecular weight is 346 g/mol. The van der Waals surface area contributed by atoms with Crippen LogP contribution in [0, 0.1) is 0 Å². The molecular weight excluding hydrogens is 316 g/mol. The van der Waals surface area contributed by atoms with Crippen LogP contribution < -0.4 is 4.74 Å². The van der Waals surface area contributed by atoms with Crippen LogP contribution in [0.1, 0.15) is 43.4 Å². The van der Waals surface area contributed by atoms with Gasteiger partial charge in [0.05, 0.1) is 19.3 Å². The standard InChI is InChI=1S/C20H30N2O3/c1-2-21-7-5-20(6-8-21)14-18(23)17-13-16(3-4-19(17)25-20)15-22-9-11-24-12-10-22/h3-4,13,18,23H,2,5-12,14-15H2,1H3. The molecule has 0 aliphatic carbocycles. The number of hydrogen-bond acceptors (Lipinski definition) is 5. The van der Waals surface area contributed by atoms with E-state index in [9.17, 15) is 5.11 Å².